The fraction of sp³-hybridized carbons (Fsp3) is 0.545. The van der Waals surface area contributed by atoms with Crippen molar-refractivity contribution in [2.45, 2.75) is 32.7 Å². The monoisotopic (exact) mass is 274 g/mol. The first kappa shape index (κ1) is 14.5. The summed E-state index contributed by atoms with van der Waals surface area (Å²) >= 11 is 5.78. The molecule has 6 nitrogen and oxygen atoms in total. The van der Waals surface area contributed by atoms with Crippen LogP contribution in [-0.4, -0.2) is 22.1 Å². The molecule has 18 heavy (non-hydrogen) atoms. The zero-order valence-electron chi connectivity index (χ0n) is 10.1. The van der Waals surface area contributed by atoms with Crippen LogP contribution in [-0.2, 0) is 16.1 Å². The fourth-order valence-electron chi connectivity index (χ4n) is 1.47. The summed E-state index contributed by atoms with van der Waals surface area (Å²) in [6.45, 7) is 2.47. The first-order valence-electron chi connectivity index (χ1n) is 5.70. The Morgan fingerprint density at radius 3 is 2.78 bits per heavy atom. The number of nitrogens with zero attached hydrogens (tertiary/aromatic N) is 1. The summed E-state index contributed by atoms with van der Waals surface area (Å²) in [6.07, 6.45) is 1.51. The predicted molar refractivity (Wildman–Crippen MR) is 66.8 cm³/mol. The molecule has 0 unspecified atom stereocenters. The van der Waals surface area contributed by atoms with Gasteiger partial charge in [0.1, 0.15) is 5.15 Å². The number of unbranched alkanes of at least 4 members (excludes halogenated alkanes) is 1. The van der Waals surface area contributed by atoms with Crippen LogP contribution in [0.4, 0.5) is 0 Å². The van der Waals surface area contributed by atoms with Crippen LogP contribution in [0.15, 0.2) is 15.7 Å². The Morgan fingerprint density at radius 2 is 2.17 bits per heavy atom. The Kier molecular flexibility index (Phi) is 5.64. The van der Waals surface area contributed by atoms with Crippen molar-refractivity contribution < 1.29 is 9.53 Å². The van der Waals surface area contributed by atoms with Crippen molar-refractivity contribution in [2.24, 2.45) is 0 Å². The summed E-state index contributed by atoms with van der Waals surface area (Å²) in [5.74, 6) is -0.252. The standard InChI is InChI=1S/C11H15ClN2O4/c1-2-18-10(16)5-3-4-6-14-8(12)7-9(15)13-11(14)17/h7H,2-6H2,1H3,(H,13,15,17). The molecule has 0 aliphatic heterocycles. The molecular weight excluding hydrogens is 260 g/mol. The fourth-order valence-corrected chi connectivity index (χ4v) is 1.73. The Hall–Kier alpha value is -1.56. The van der Waals surface area contributed by atoms with E-state index < -0.39 is 11.2 Å². The van der Waals surface area contributed by atoms with E-state index in [9.17, 15) is 14.4 Å². The zero-order valence-corrected chi connectivity index (χ0v) is 10.8. The second kappa shape index (κ2) is 7.00. The van der Waals surface area contributed by atoms with Crippen molar-refractivity contribution in [3.8, 4) is 0 Å². The third-order valence-electron chi connectivity index (χ3n) is 2.30. The molecule has 0 saturated heterocycles. The van der Waals surface area contributed by atoms with E-state index in [1.807, 2.05) is 0 Å². The summed E-state index contributed by atoms with van der Waals surface area (Å²) in [5, 5.41) is 0.0971. The number of esters is 1. The average molecular weight is 275 g/mol. The molecule has 0 amide bonds. The van der Waals surface area contributed by atoms with Crippen LogP contribution in [0.2, 0.25) is 5.15 Å². The lowest BCUT2D eigenvalue weighted by atomic mass is 10.2. The molecule has 0 bridgehead atoms. The minimum atomic E-state index is -0.538. The van der Waals surface area contributed by atoms with Gasteiger partial charge < -0.3 is 4.74 Å². The number of halogens is 1. The minimum Gasteiger partial charge on any atom is -0.466 e. The molecule has 0 aliphatic carbocycles. The molecule has 7 heteroatoms. The number of nitrogens with one attached hydrogen (secondary N) is 1. The Bertz CT molecular complexity index is 521. The molecule has 1 aromatic rings. The third-order valence-corrected chi connectivity index (χ3v) is 2.61. The van der Waals surface area contributed by atoms with Gasteiger partial charge in [0.15, 0.2) is 0 Å². The van der Waals surface area contributed by atoms with Crippen molar-refractivity contribution in [2.75, 3.05) is 6.61 Å². The van der Waals surface area contributed by atoms with E-state index in [0.29, 0.717) is 32.4 Å². The number of aromatic amines is 1. The second-order valence-corrected chi connectivity index (χ2v) is 4.06. The molecule has 1 N–H and O–H groups in total. The molecule has 0 saturated carbocycles. The normalized spacial score (nSPS) is 10.3. The molecule has 100 valence electrons. The van der Waals surface area contributed by atoms with Gasteiger partial charge in [-0.1, -0.05) is 11.6 Å². The lowest BCUT2D eigenvalue weighted by molar-refractivity contribution is -0.143. The number of aromatic nitrogens is 2. The van der Waals surface area contributed by atoms with Gasteiger partial charge in [-0.25, -0.2) is 4.79 Å². The maximum atomic E-state index is 11.4. The Labute approximate surface area is 109 Å². The third kappa shape index (κ3) is 4.37. The number of rotatable bonds is 6. The number of carbonyl (C=O) groups is 1. The highest BCUT2D eigenvalue weighted by Crippen LogP contribution is 2.05. The van der Waals surface area contributed by atoms with E-state index >= 15 is 0 Å². The van der Waals surface area contributed by atoms with Gasteiger partial charge in [0.2, 0.25) is 0 Å². The van der Waals surface area contributed by atoms with Crippen molar-refractivity contribution in [1.82, 2.24) is 9.55 Å². The SMILES string of the molecule is CCOC(=O)CCCCn1c(Cl)cc(=O)[nH]c1=O. The predicted octanol–water partition coefficient (Wildman–Crippen LogP) is 0.923. The quantitative estimate of drug-likeness (QED) is 0.475. The first-order chi connectivity index (χ1) is 8.54. The van der Waals surface area contributed by atoms with E-state index in [0.717, 1.165) is 6.07 Å². The number of ether oxygens (including phenoxy) is 1. The van der Waals surface area contributed by atoms with Crippen LogP contribution in [0.1, 0.15) is 26.2 Å². The molecule has 0 aromatic carbocycles. The maximum Gasteiger partial charge on any atom is 0.329 e. The van der Waals surface area contributed by atoms with E-state index in [1.165, 1.54) is 4.57 Å². The van der Waals surface area contributed by atoms with Gasteiger partial charge >= 0.3 is 11.7 Å². The molecule has 0 fully saturated rings. The van der Waals surface area contributed by atoms with Crippen molar-refractivity contribution >= 4 is 17.6 Å². The van der Waals surface area contributed by atoms with Crippen LogP contribution < -0.4 is 11.2 Å². The van der Waals surface area contributed by atoms with Crippen molar-refractivity contribution in [1.29, 1.82) is 0 Å². The summed E-state index contributed by atoms with van der Waals surface area (Å²) in [6, 6.07) is 1.15. The van der Waals surface area contributed by atoms with Crippen LogP contribution >= 0.6 is 11.6 Å². The summed E-state index contributed by atoms with van der Waals surface area (Å²) in [4.78, 5) is 35.6. The maximum absolute atomic E-state index is 11.4. The average Bonchev–Trinajstić information content (AvgIpc) is 2.27. The Balaban J connectivity index is 2.48. The number of H-pyrrole nitrogens is 1. The van der Waals surface area contributed by atoms with Gasteiger partial charge in [-0.2, -0.15) is 0 Å². The van der Waals surface area contributed by atoms with Crippen molar-refractivity contribution in [3.63, 3.8) is 0 Å². The molecule has 1 rings (SSSR count). The summed E-state index contributed by atoms with van der Waals surface area (Å²) < 4.78 is 6.03. The van der Waals surface area contributed by atoms with Crippen molar-refractivity contribution in [3.05, 3.63) is 32.1 Å². The molecule has 0 radical (unpaired) electrons. The number of hydrogen-bond donors (Lipinski definition) is 1. The molecule has 0 aliphatic rings. The van der Waals surface area contributed by atoms with E-state index in [-0.39, 0.29) is 11.1 Å². The molecule has 1 aromatic heterocycles. The summed E-state index contributed by atoms with van der Waals surface area (Å²) in [7, 11) is 0. The highest BCUT2D eigenvalue weighted by Gasteiger charge is 2.05. The van der Waals surface area contributed by atoms with Gasteiger partial charge in [-0.15, -0.1) is 0 Å². The minimum absolute atomic E-state index is 0.0971. The van der Waals surface area contributed by atoms with Gasteiger partial charge in [-0.3, -0.25) is 19.1 Å². The lowest BCUT2D eigenvalue weighted by Gasteiger charge is -2.06. The Morgan fingerprint density at radius 1 is 1.44 bits per heavy atom. The van der Waals surface area contributed by atoms with Gasteiger partial charge in [0.25, 0.3) is 5.56 Å². The highest BCUT2D eigenvalue weighted by atomic mass is 35.5. The van der Waals surface area contributed by atoms with Gasteiger partial charge in [0, 0.05) is 19.0 Å². The molecule has 1 heterocycles. The highest BCUT2D eigenvalue weighted by molar-refractivity contribution is 6.29. The second-order valence-electron chi connectivity index (χ2n) is 3.68. The number of hydrogen-bond acceptors (Lipinski definition) is 4. The van der Waals surface area contributed by atoms with Crippen LogP contribution in [0, 0.1) is 0 Å². The van der Waals surface area contributed by atoms with Crippen LogP contribution in [0.25, 0.3) is 0 Å². The molecule has 0 spiro atoms. The largest absolute Gasteiger partial charge is 0.466 e. The van der Waals surface area contributed by atoms with E-state index in [1.54, 1.807) is 6.92 Å². The van der Waals surface area contributed by atoms with E-state index in [4.69, 9.17) is 16.3 Å². The lowest BCUT2D eigenvalue weighted by Crippen LogP contribution is -2.29. The number of carbonyl (C=O) groups excluding carboxylic acids is 1. The topological polar surface area (TPSA) is 81.2 Å². The van der Waals surface area contributed by atoms with Crippen LogP contribution in [0.5, 0.6) is 0 Å². The van der Waals surface area contributed by atoms with E-state index in [2.05, 4.69) is 4.98 Å². The van der Waals surface area contributed by atoms with Crippen LogP contribution in [0.3, 0.4) is 0 Å². The summed E-state index contributed by atoms with van der Waals surface area (Å²) in [5.41, 5.74) is -1.06. The zero-order chi connectivity index (χ0) is 13.5. The first-order valence-corrected chi connectivity index (χ1v) is 6.07. The smallest absolute Gasteiger partial charge is 0.329 e. The van der Waals surface area contributed by atoms with Gasteiger partial charge in [0.05, 0.1) is 6.61 Å². The molecule has 0 atom stereocenters. The molecular formula is C11H15ClN2O4. The van der Waals surface area contributed by atoms with Gasteiger partial charge in [-0.05, 0) is 19.8 Å².